The molecule has 5 nitrogen and oxygen atoms in total. The van der Waals surface area contributed by atoms with Gasteiger partial charge in [0.2, 0.25) is 0 Å². The second kappa shape index (κ2) is 8.87. The predicted octanol–water partition coefficient (Wildman–Crippen LogP) is 3.83. The van der Waals surface area contributed by atoms with E-state index in [4.69, 9.17) is 9.47 Å². The van der Waals surface area contributed by atoms with E-state index in [2.05, 4.69) is 23.1 Å². The number of para-hydroxylation sites is 1. The topological polar surface area (TPSA) is 42.0 Å². The van der Waals surface area contributed by atoms with Crippen LogP contribution in [-0.4, -0.2) is 55.6 Å². The molecule has 0 aliphatic carbocycles. The number of amides is 1. The Hall–Kier alpha value is -2.53. The van der Waals surface area contributed by atoms with Crippen molar-refractivity contribution in [2.75, 3.05) is 33.9 Å². The van der Waals surface area contributed by atoms with E-state index >= 15 is 0 Å². The van der Waals surface area contributed by atoms with Crippen LogP contribution in [0.25, 0.3) is 0 Å². The molecule has 2 aliphatic rings. The van der Waals surface area contributed by atoms with Gasteiger partial charge in [-0.2, -0.15) is 0 Å². The molecule has 0 radical (unpaired) electrons. The fraction of sp³-hybridized carbons (Fsp3) is 0.458. The molecule has 0 bridgehead atoms. The van der Waals surface area contributed by atoms with Crippen LogP contribution in [0.4, 0.5) is 0 Å². The fourth-order valence-electron chi connectivity index (χ4n) is 4.80. The molecule has 1 amide bonds. The molecule has 0 unspecified atom stereocenters. The van der Waals surface area contributed by atoms with Gasteiger partial charge in [0.1, 0.15) is 11.5 Å². The fourth-order valence-corrected chi connectivity index (χ4v) is 4.80. The minimum atomic E-state index is 0.0804. The second-order valence-corrected chi connectivity index (χ2v) is 8.06. The van der Waals surface area contributed by atoms with E-state index in [-0.39, 0.29) is 5.91 Å². The van der Waals surface area contributed by atoms with Gasteiger partial charge in [-0.3, -0.25) is 9.69 Å². The van der Waals surface area contributed by atoms with E-state index in [1.165, 1.54) is 24.8 Å². The molecule has 154 valence electrons. The van der Waals surface area contributed by atoms with Gasteiger partial charge in [-0.15, -0.1) is 0 Å². The van der Waals surface area contributed by atoms with Gasteiger partial charge >= 0.3 is 0 Å². The maximum atomic E-state index is 13.2. The number of rotatable bonds is 5. The van der Waals surface area contributed by atoms with E-state index < -0.39 is 0 Å². The summed E-state index contributed by atoms with van der Waals surface area (Å²) in [6.45, 7) is 3.59. The highest BCUT2D eigenvalue weighted by molar-refractivity contribution is 5.97. The highest BCUT2D eigenvalue weighted by Gasteiger charge is 2.40. The van der Waals surface area contributed by atoms with Crippen LogP contribution in [0.3, 0.4) is 0 Å². The van der Waals surface area contributed by atoms with Crippen LogP contribution in [0.2, 0.25) is 0 Å². The number of hydrogen-bond donors (Lipinski definition) is 0. The molecule has 2 aliphatic heterocycles. The van der Waals surface area contributed by atoms with Gasteiger partial charge in [0, 0.05) is 25.7 Å². The summed E-state index contributed by atoms with van der Waals surface area (Å²) in [6, 6.07) is 16.2. The van der Waals surface area contributed by atoms with Crippen LogP contribution in [0, 0.1) is 5.92 Å². The van der Waals surface area contributed by atoms with Crippen molar-refractivity contribution in [3.8, 4) is 11.5 Å². The van der Waals surface area contributed by atoms with E-state index in [9.17, 15) is 4.79 Å². The average molecular weight is 395 g/mol. The largest absolute Gasteiger partial charge is 0.497 e. The Morgan fingerprint density at radius 1 is 1.03 bits per heavy atom. The molecule has 0 aromatic heterocycles. The van der Waals surface area contributed by atoms with Crippen molar-refractivity contribution in [2.24, 2.45) is 5.92 Å². The molecule has 2 atom stereocenters. The molecule has 2 fully saturated rings. The van der Waals surface area contributed by atoms with Crippen molar-refractivity contribution in [1.29, 1.82) is 0 Å². The number of likely N-dealkylation sites (tertiary alicyclic amines) is 2. The van der Waals surface area contributed by atoms with Gasteiger partial charge in [0.15, 0.2) is 0 Å². The van der Waals surface area contributed by atoms with E-state index in [0.717, 1.165) is 31.9 Å². The molecular weight excluding hydrogens is 364 g/mol. The minimum Gasteiger partial charge on any atom is -0.497 e. The normalized spacial score (nSPS) is 22.1. The summed E-state index contributed by atoms with van der Waals surface area (Å²) in [5.41, 5.74) is 1.92. The Morgan fingerprint density at radius 3 is 2.72 bits per heavy atom. The van der Waals surface area contributed by atoms with E-state index in [0.29, 0.717) is 23.3 Å². The van der Waals surface area contributed by atoms with Crippen molar-refractivity contribution in [1.82, 2.24) is 9.80 Å². The highest BCUT2D eigenvalue weighted by Crippen LogP contribution is 2.33. The zero-order chi connectivity index (χ0) is 20.2. The van der Waals surface area contributed by atoms with Crippen molar-refractivity contribution >= 4 is 5.91 Å². The zero-order valence-corrected chi connectivity index (χ0v) is 17.3. The Kier molecular flexibility index (Phi) is 6.05. The summed E-state index contributed by atoms with van der Waals surface area (Å²) in [7, 11) is 3.33. The summed E-state index contributed by atoms with van der Waals surface area (Å²) in [6.07, 6.45) is 3.64. The van der Waals surface area contributed by atoms with Crippen LogP contribution in [0.5, 0.6) is 11.5 Å². The first-order chi connectivity index (χ1) is 14.2. The van der Waals surface area contributed by atoms with Crippen LogP contribution >= 0.6 is 0 Å². The number of fused-ring (bicyclic) bond motifs is 1. The first kappa shape index (κ1) is 19.8. The molecule has 0 N–H and O–H groups in total. The molecule has 2 saturated heterocycles. The number of ether oxygens (including phenoxy) is 2. The number of nitrogens with zero attached hydrogens (tertiary/aromatic N) is 2. The lowest BCUT2D eigenvalue weighted by molar-refractivity contribution is 0.0770. The van der Waals surface area contributed by atoms with Crippen LogP contribution in [-0.2, 0) is 6.54 Å². The molecule has 0 saturated carbocycles. The second-order valence-electron chi connectivity index (χ2n) is 8.06. The molecule has 4 rings (SSSR count). The van der Waals surface area contributed by atoms with Crippen molar-refractivity contribution < 1.29 is 14.3 Å². The molecule has 2 heterocycles. The summed E-state index contributed by atoms with van der Waals surface area (Å²) in [5.74, 6) is 2.16. The van der Waals surface area contributed by atoms with Gasteiger partial charge in [0.05, 0.1) is 19.8 Å². The van der Waals surface area contributed by atoms with Gasteiger partial charge in [-0.05, 0) is 55.1 Å². The maximum Gasteiger partial charge on any atom is 0.257 e. The van der Waals surface area contributed by atoms with Gasteiger partial charge < -0.3 is 14.4 Å². The Labute approximate surface area is 173 Å². The SMILES string of the molecule is COc1cccc(CN2CCCC[C@H]3CN(C(=O)c4ccccc4OC)C[C@H]32)c1. The summed E-state index contributed by atoms with van der Waals surface area (Å²) in [4.78, 5) is 17.8. The third kappa shape index (κ3) is 4.25. The molecular formula is C24H30N2O3. The lowest BCUT2D eigenvalue weighted by atomic mass is 9.98. The molecule has 5 heteroatoms. The predicted molar refractivity (Wildman–Crippen MR) is 113 cm³/mol. The standard InChI is InChI=1S/C24H30N2O3/c1-28-20-10-7-8-18(14-20)15-25-13-6-5-9-19-16-26(17-22(19)25)24(27)21-11-3-4-12-23(21)29-2/h3-4,7-8,10-12,14,19,22H,5-6,9,13,15-17H2,1-2H3/t19-,22+/m0/s1. The van der Waals surface area contributed by atoms with Crippen molar-refractivity contribution in [2.45, 2.75) is 31.8 Å². The molecule has 0 spiro atoms. The van der Waals surface area contributed by atoms with Crippen molar-refractivity contribution in [3.63, 3.8) is 0 Å². The van der Waals surface area contributed by atoms with Gasteiger partial charge in [-0.25, -0.2) is 0 Å². The number of methoxy groups -OCH3 is 2. The number of hydrogen-bond acceptors (Lipinski definition) is 4. The quantitative estimate of drug-likeness (QED) is 0.773. The van der Waals surface area contributed by atoms with Gasteiger partial charge in [0.25, 0.3) is 5.91 Å². The monoisotopic (exact) mass is 394 g/mol. The summed E-state index contributed by atoms with van der Waals surface area (Å²) < 4.78 is 10.8. The van der Waals surface area contributed by atoms with Gasteiger partial charge in [-0.1, -0.05) is 30.7 Å². The molecule has 29 heavy (non-hydrogen) atoms. The molecule has 2 aromatic rings. The molecule has 2 aromatic carbocycles. The Morgan fingerprint density at radius 2 is 1.90 bits per heavy atom. The van der Waals surface area contributed by atoms with Crippen LogP contribution in [0.1, 0.15) is 35.2 Å². The lowest BCUT2D eigenvalue weighted by Gasteiger charge is -2.30. The summed E-state index contributed by atoms with van der Waals surface area (Å²) in [5, 5.41) is 0. The number of carbonyl (C=O) groups excluding carboxylic acids is 1. The summed E-state index contributed by atoms with van der Waals surface area (Å²) >= 11 is 0. The first-order valence-corrected chi connectivity index (χ1v) is 10.5. The highest BCUT2D eigenvalue weighted by atomic mass is 16.5. The Bertz CT molecular complexity index is 854. The third-order valence-electron chi connectivity index (χ3n) is 6.29. The number of benzene rings is 2. The minimum absolute atomic E-state index is 0.0804. The van der Waals surface area contributed by atoms with Crippen LogP contribution in [0.15, 0.2) is 48.5 Å². The smallest absolute Gasteiger partial charge is 0.257 e. The lowest BCUT2D eigenvalue weighted by Crippen LogP contribution is -2.40. The van der Waals surface area contributed by atoms with Crippen LogP contribution < -0.4 is 9.47 Å². The third-order valence-corrected chi connectivity index (χ3v) is 6.29. The average Bonchev–Trinajstić information content (AvgIpc) is 3.11. The first-order valence-electron chi connectivity index (χ1n) is 10.5. The Balaban J connectivity index is 1.51. The maximum absolute atomic E-state index is 13.2. The zero-order valence-electron chi connectivity index (χ0n) is 17.3. The van der Waals surface area contributed by atoms with Crippen molar-refractivity contribution in [3.05, 3.63) is 59.7 Å². The van der Waals surface area contributed by atoms with E-state index in [1.807, 2.05) is 35.2 Å². The number of carbonyl (C=O) groups is 1. The van der Waals surface area contributed by atoms with E-state index in [1.54, 1.807) is 14.2 Å².